The highest BCUT2D eigenvalue weighted by atomic mass is 35.5. The summed E-state index contributed by atoms with van der Waals surface area (Å²) in [5, 5.41) is 12.7. The van der Waals surface area contributed by atoms with Crippen molar-refractivity contribution in [3.63, 3.8) is 0 Å². The van der Waals surface area contributed by atoms with Crippen molar-refractivity contribution in [1.29, 1.82) is 5.26 Å². The smallest absolute Gasteiger partial charge is 0.0635 e. The maximum atomic E-state index is 8.43. The summed E-state index contributed by atoms with van der Waals surface area (Å²) in [5.74, 6) is 0.591. The molecule has 2 nitrogen and oxygen atoms in total. The van der Waals surface area contributed by atoms with E-state index in [1.54, 1.807) is 0 Å². The Hall–Kier alpha value is -1.04. The van der Waals surface area contributed by atoms with Gasteiger partial charge in [0.1, 0.15) is 0 Å². The molecule has 0 amide bonds. The molecule has 0 spiro atoms. The molecule has 1 aromatic carbocycles. The Bertz CT molecular complexity index is 391. The van der Waals surface area contributed by atoms with E-state index in [2.05, 4.69) is 17.5 Å². The normalized spacial score (nSPS) is 23.5. The van der Waals surface area contributed by atoms with E-state index < -0.39 is 0 Å². The van der Waals surface area contributed by atoms with Crippen LogP contribution in [0.3, 0.4) is 0 Å². The molecule has 0 bridgehead atoms. The van der Waals surface area contributed by atoms with Crippen molar-refractivity contribution >= 4 is 11.6 Å². The molecule has 84 valence electrons. The fourth-order valence-corrected chi connectivity index (χ4v) is 2.47. The lowest BCUT2D eigenvalue weighted by atomic mass is 9.76. The Morgan fingerprint density at radius 2 is 2.12 bits per heavy atom. The Kier molecular flexibility index (Phi) is 3.82. The topological polar surface area (TPSA) is 35.8 Å². The Morgan fingerprint density at radius 3 is 2.81 bits per heavy atom. The van der Waals surface area contributed by atoms with E-state index in [0.717, 1.165) is 24.4 Å². The molecule has 0 radical (unpaired) electrons. The van der Waals surface area contributed by atoms with Gasteiger partial charge < -0.3 is 5.32 Å². The van der Waals surface area contributed by atoms with Crippen LogP contribution in [0.5, 0.6) is 0 Å². The summed E-state index contributed by atoms with van der Waals surface area (Å²) in [6.07, 6.45) is 2.86. The van der Waals surface area contributed by atoms with Crippen molar-refractivity contribution in [3.8, 4) is 6.07 Å². The Labute approximate surface area is 101 Å². The molecule has 0 heterocycles. The second-order valence-electron chi connectivity index (χ2n) is 4.25. The summed E-state index contributed by atoms with van der Waals surface area (Å²) in [6.45, 7) is 0.802. The van der Waals surface area contributed by atoms with E-state index in [9.17, 15) is 0 Å². The van der Waals surface area contributed by atoms with Crippen LogP contribution in [0.15, 0.2) is 24.3 Å². The van der Waals surface area contributed by atoms with Gasteiger partial charge in [-0.1, -0.05) is 29.8 Å². The lowest BCUT2D eigenvalue weighted by molar-refractivity contribution is 0.293. The quantitative estimate of drug-likeness (QED) is 0.813. The van der Waals surface area contributed by atoms with Gasteiger partial charge in [-0.25, -0.2) is 0 Å². The van der Waals surface area contributed by atoms with Crippen LogP contribution in [0.25, 0.3) is 0 Å². The molecule has 1 aliphatic rings. The number of nitrogens with zero attached hydrogens (tertiary/aromatic N) is 1. The van der Waals surface area contributed by atoms with Crippen LogP contribution in [0.2, 0.25) is 5.02 Å². The first-order valence-electron chi connectivity index (χ1n) is 5.66. The van der Waals surface area contributed by atoms with Crippen LogP contribution < -0.4 is 5.32 Å². The number of nitriles is 1. The van der Waals surface area contributed by atoms with E-state index in [-0.39, 0.29) is 0 Å². The predicted octanol–water partition coefficient (Wildman–Crippen LogP) is 3.09. The van der Waals surface area contributed by atoms with Crippen molar-refractivity contribution in [2.75, 3.05) is 6.54 Å². The average molecular weight is 235 g/mol. The van der Waals surface area contributed by atoms with Crippen LogP contribution in [-0.4, -0.2) is 12.6 Å². The van der Waals surface area contributed by atoms with Crippen LogP contribution in [0.4, 0.5) is 0 Å². The van der Waals surface area contributed by atoms with Crippen LogP contribution >= 0.6 is 11.6 Å². The van der Waals surface area contributed by atoms with Crippen LogP contribution in [0, 0.1) is 11.3 Å². The van der Waals surface area contributed by atoms with Crippen molar-refractivity contribution in [3.05, 3.63) is 34.9 Å². The van der Waals surface area contributed by atoms with Gasteiger partial charge in [-0.3, -0.25) is 0 Å². The molecule has 1 N–H and O–H groups in total. The van der Waals surface area contributed by atoms with Gasteiger partial charge in [0.05, 0.1) is 6.07 Å². The summed E-state index contributed by atoms with van der Waals surface area (Å²) in [4.78, 5) is 0. The minimum absolute atomic E-state index is 0.564. The molecule has 0 atom stereocenters. The molecule has 0 aromatic heterocycles. The van der Waals surface area contributed by atoms with E-state index in [4.69, 9.17) is 16.9 Å². The predicted molar refractivity (Wildman–Crippen MR) is 65.4 cm³/mol. The van der Waals surface area contributed by atoms with Crippen LogP contribution in [0.1, 0.15) is 30.7 Å². The Morgan fingerprint density at radius 1 is 1.38 bits per heavy atom. The molecule has 2 rings (SSSR count). The molecule has 0 unspecified atom stereocenters. The van der Waals surface area contributed by atoms with E-state index in [1.807, 2.05) is 18.2 Å². The molecule has 0 aliphatic heterocycles. The number of benzene rings is 1. The number of rotatable bonds is 4. The molecule has 1 fully saturated rings. The largest absolute Gasteiger partial charge is 0.313 e. The maximum Gasteiger partial charge on any atom is 0.0635 e. The molecule has 1 aliphatic carbocycles. The molecule has 1 saturated carbocycles. The van der Waals surface area contributed by atoms with E-state index in [1.165, 1.54) is 5.56 Å². The first-order chi connectivity index (χ1) is 7.81. The third-order valence-corrected chi connectivity index (χ3v) is 3.50. The van der Waals surface area contributed by atoms with Crippen molar-refractivity contribution < 1.29 is 0 Å². The molecule has 16 heavy (non-hydrogen) atoms. The highest BCUT2D eigenvalue weighted by molar-refractivity contribution is 6.31. The minimum Gasteiger partial charge on any atom is -0.313 e. The number of hydrogen-bond acceptors (Lipinski definition) is 2. The molecule has 0 saturated heterocycles. The highest BCUT2D eigenvalue weighted by Crippen LogP contribution is 2.39. The summed E-state index contributed by atoms with van der Waals surface area (Å²) in [6, 6.07) is 10.8. The maximum absolute atomic E-state index is 8.43. The van der Waals surface area contributed by atoms with Gasteiger partial charge in [0.15, 0.2) is 0 Å². The third-order valence-electron chi connectivity index (χ3n) is 3.15. The second kappa shape index (κ2) is 5.34. The number of halogens is 1. The van der Waals surface area contributed by atoms with Gasteiger partial charge in [0, 0.05) is 24.0 Å². The SMILES string of the molecule is N#CCCNC1CC(c2ccccc2Cl)C1. The summed E-state index contributed by atoms with van der Waals surface area (Å²) < 4.78 is 0. The lowest BCUT2D eigenvalue weighted by Crippen LogP contribution is -2.40. The fraction of sp³-hybridized carbons (Fsp3) is 0.462. The summed E-state index contributed by atoms with van der Waals surface area (Å²) in [7, 11) is 0. The first kappa shape index (κ1) is 11.4. The summed E-state index contributed by atoms with van der Waals surface area (Å²) in [5.41, 5.74) is 1.27. The van der Waals surface area contributed by atoms with Gasteiger partial charge in [-0.05, 0) is 30.4 Å². The lowest BCUT2D eigenvalue weighted by Gasteiger charge is -2.36. The van der Waals surface area contributed by atoms with Crippen LogP contribution in [-0.2, 0) is 0 Å². The minimum atomic E-state index is 0.564. The van der Waals surface area contributed by atoms with E-state index in [0.29, 0.717) is 18.4 Å². The van der Waals surface area contributed by atoms with Crippen molar-refractivity contribution in [2.24, 2.45) is 0 Å². The first-order valence-corrected chi connectivity index (χ1v) is 6.04. The Balaban J connectivity index is 1.80. The molecular weight excluding hydrogens is 220 g/mol. The van der Waals surface area contributed by atoms with Crippen molar-refractivity contribution in [1.82, 2.24) is 5.32 Å². The van der Waals surface area contributed by atoms with Gasteiger partial charge in [0.25, 0.3) is 0 Å². The van der Waals surface area contributed by atoms with E-state index >= 15 is 0 Å². The van der Waals surface area contributed by atoms with Crippen molar-refractivity contribution in [2.45, 2.75) is 31.2 Å². The average Bonchev–Trinajstić information content (AvgIpc) is 2.23. The zero-order valence-corrected chi connectivity index (χ0v) is 9.87. The fourth-order valence-electron chi connectivity index (χ4n) is 2.18. The monoisotopic (exact) mass is 234 g/mol. The molecule has 1 aromatic rings. The standard InChI is InChI=1S/C13H15ClN2/c14-13-5-2-1-4-12(13)10-8-11(9-10)16-7-3-6-15/h1-2,4-5,10-11,16H,3,7-9H2. The number of hydrogen-bond donors (Lipinski definition) is 1. The van der Waals surface area contributed by atoms with Gasteiger partial charge in [-0.2, -0.15) is 5.26 Å². The number of nitrogens with one attached hydrogen (secondary N) is 1. The highest BCUT2D eigenvalue weighted by Gasteiger charge is 2.30. The third kappa shape index (κ3) is 2.55. The zero-order valence-electron chi connectivity index (χ0n) is 9.12. The molecule has 3 heteroatoms. The zero-order chi connectivity index (χ0) is 11.4. The molecular formula is C13H15ClN2. The van der Waals surface area contributed by atoms with Gasteiger partial charge in [0.2, 0.25) is 0 Å². The summed E-state index contributed by atoms with van der Waals surface area (Å²) >= 11 is 6.14. The van der Waals surface area contributed by atoms with Gasteiger partial charge in [-0.15, -0.1) is 0 Å². The van der Waals surface area contributed by atoms with Gasteiger partial charge >= 0.3 is 0 Å². The second-order valence-corrected chi connectivity index (χ2v) is 4.66.